The van der Waals surface area contributed by atoms with E-state index >= 15 is 0 Å². The van der Waals surface area contributed by atoms with Gasteiger partial charge in [0, 0.05) is 5.56 Å². The van der Waals surface area contributed by atoms with Gasteiger partial charge in [-0.15, -0.1) is 0 Å². The lowest BCUT2D eigenvalue weighted by Gasteiger charge is -2.03. The van der Waals surface area contributed by atoms with Crippen LogP contribution < -0.4 is 11.2 Å². The Kier molecular flexibility index (Phi) is 2.81. The second kappa shape index (κ2) is 5.35. The second-order valence-electron chi connectivity index (χ2n) is 2.48. The van der Waals surface area contributed by atoms with Crippen LogP contribution in [0.25, 0.3) is 0 Å². The molecule has 0 aliphatic carbocycles. The third-order valence-electron chi connectivity index (χ3n) is 1.40. The van der Waals surface area contributed by atoms with E-state index in [0.29, 0.717) is 0 Å². The average Bonchev–Trinajstić information content (AvgIpc) is 2.37. The number of hydrogen-bond acceptors (Lipinski definition) is 3. The number of rotatable bonds is 2. The summed E-state index contributed by atoms with van der Waals surface area (Å²) in [5, 5.41) is 18.9. The van der Waals surface area contributed by atoms with Crippen molar-refractivity contribution in [3.8, 4) is 6.07 Å². The lowest BCUT2D eigenvalue weighted by Crippen LogP contribution is -2.26. The summed E-state index contributed by atoms with van der Waals surface area (Å²) >= 11 is 11.6. The van der Waals surface area contributed by atoms with Gasteiger partial charge in [0.1, 0.15) is 6.07 Å². The van der Waals surface area contributed by atoms with E-state index in [1.54, 1.807) is 6.07 Å². The van der Waals surface area contributed by atoms with Crippen LogP contribution in [0.1, 0.15) is 9.68 Å². The Labute approximate surface area is 106 Å². The number of hydrazone groups is 1. The van der Waals surface area contributed by atoms with Gasteiger partial charge < -0.3 is 5.73 Å². The van der Waals surface area contributed by atoms with Gasteiger partial charge in [-0.1, -0.05) is 35.3 Å². The maximum absolute atomic E-state index is 8.97. The molecule has 0 amide bonds. The number of nitrogens with one attached hydrogen (secondary N) is 2. The van der Waals surface area contributed by atoms with E-state index in [2.05, 4.69) is 5.10 Å². The van der Waals surface area contributed by atoms with Crippen molar-refractivity contribution in [2.45, 2.75) is 0 Å². The Balaban J connectivity index is 3.54. The smallest absolute Gasteiger partial charge is 0.206 e. The Bertz CT molecular complexity index is 594. The Morgan fingerprint density at radius 3 is 2.88 bits per heavy atom. The number of benzene rings is 1. The highest BCUT2D eigenvalue weighted by Gasteiger charge is 2.10. The van der Waals surface area contributed by atoms with Gasteiger partial charge in [-0.3, -0.25) is 5.41 Å². The van der Waals surface area contributed by atoms with E-state index in [1.807, 2.05) is 5.43 Å². The predicted octanol–water partition coefficient (Wildman–Crippen LogP) is 1.70. The van der Waals surface area contributed by atoms with Crippen LogP contribution in [0.4, 0.5) is 0 Å². The number of halogens is 2. The summed E-state index contributed by atoms with van der Waals surface area (Å²) in [7, 11) is 0. The molecule has 0 aromatic heterocycles. The lowest BCUT2D eigenvalue weighted by atomic mass is 10.3. The molecule has 16 heavy (non-hydrogen) atoms. The SMILES string of the molecule is [2H]c1c([2H])c(Cl)c(Cl)c(/[13C]([13C]#N)=N/N[13C](=N)N)c1[2H]. The summed E-state index contributed by atoms with van der Waals surface area (Å²) < 4.78 is 22.7. The number of guanidine groups is 1. The molecule has 0 bridgehead atoms. The quantitative estimate of drug-likeness (QED) is 0.327. The largest absolute Gasteiger partial charge is 0.369 e. The predicted molar refractivity (Wildman–Crippen MR) is 63.7 cm³/mol. The summed E-state index contributed by atoms with van der Waals surface area (Å²) in [5.74, 6) is -0.510. The van der Waals surface area contributed by atoms with Crippen LogP contribution in [0.3, 0.4) is 0 Å². The topological polar surface area (TPSA) is 98.0 Å². The average molecular weight is 262 g/mol. The van der Waals surface area contributed by atoms with E-state index in [9.17, 15) is 0 Å². The normalized spacial score (nSPS) is 13.3. The Morgan fingerprint density at radius 2 is 2.31 bits per heavy atom. The minimum absolute atomic E-state index is 0.191. The highest BCUT2D eigenvalue weighted by Crippen LogP contribution is 2.25. The Morgan fingerprint density at radius 1 is 1.62 bits per heavy atom. The lowest BCUT2D eigenvalue weighted by molar-refractivity contribution is 0.996. The maximum atomic E-state index is 8.97. The molecule has 0 aliphatic rings. The molecular weight excluding hydrogens is 252 g/mol. The van der Waals surface area contributed by atoms with Gasteiger partial charge in [-0.2, -0.15) is 10.4 Å². The van der Waals surface area contributed by atoms with E-state index < -0.39 is 24.1 Å². The first-order chi connectivity index (χ1) is 8.81. The van der Waals surface area contributed by atoms with Gasteiger partial charge in [0.2, 0.25) is 5.96 Å². The van der Waals surface area contributed by atoms with Crippen LogP contribution in [0.15, 0.2) is 23.2 Å². The van der Waals surface area contributed by atoms with Crippen LogP contribution in [0.2, 0.25) is 10.0 Å². The maximum Gasteiger partial charge on any atom is 0.206 e. The fourth-order valence-corrected chi connectivity index (χ4v) is 1.11. The molecule has 0 unspecified atom stereocenters. The van der Waals surface area contributed by atoms with Crippen molar-refractivity contribution in [3.63, 3.8) is 0 Å². The standard InChI is InChI=1S/C9H7Cl2N5/c10-6-3-1-2-5(8(6)11)7(4-12)15-16-9(13)14/h1-3H,(H4,13,14,16)/b15-7+/i1D,2D,3D,4+1,7+1,9+1. The fraction of sp³-hybridized carbons (Fsp3) is 0. The van der Waals surface area contributed by atoms with Crippen molar-refractivity contribution in [2.24, 2.45) is 10.8 Å². The first-order valence-electron chi connectivity index (χ1n) is 5.34. The van der Waals surface area contributed by atoms with Gasteiger partial charge >= 0.3 is 0 Å². The minimum atomic E-state index is -0.510. The van der Waals surface area contributed by atoms with Crippen LogP contribution in [-0.2, 0) is 0 Å². The molecule has 82 valence electrons. The zero-order chi connectivity index (χ0) is 14.7. The highest BCUT2D eigenvalue weighted by molar-refractivity contribution is 6.44. The summed E-state index contributed by atoms with van der Waals surface area (Å²) in [4.78, 5) is 0. The fourth-order valence-electron chi connectivity index (χ4n) is 0.784. The van der Waals surface area contributed by atoms with Crippen molar-refractivity contribution < 1.29 is 4.11 Å². The molecule has 0 atom stereocenters. The molecule has 1 rings (SSSR count). The van der Waals surface area contributed by atoms with Gasteiger partial charge in [0.25, 0.3) is 0 Å². The molecule has 1 aromatic carbocycles. The van der Waals surface area contributed by atoms with E-state index in [0.717, 1.165) is 0 Å². The van der Waals surface area contributed by atoms with Crippen molar-refractivity contribution in [3.05, 3.63) is 33.7 Å². The zero-order valence-corrected chi connectivity index (χ0v) is 9.24. The number of nitrogens with two attached hydrogens (primary N) is 1. The molecule has 0 radical (unpaired) electrons. The third-order valence-corrected chi connectivity index (χ3v) is 2.16. The van der Waals surface area contributed by atoms with Crippen molar-refractivity contribution in [2.75, 3.05) is 0 Å². The van der Waals surface area contributed by atoms with Crippen molar-refractivity contribution in [1.82, 2.24) is 5.43 Å². The number of nitrogens with zero attached hydrogens (tertiary/aromatic N) is 2. The molecule has 4 N–H and O–H groups in total. The monoisotopic (exact) mass is 261 g/mol. The molecule has 1 aromatic rings. The Hall–Kier alpha value is -1.77. The zero-order valence-electron chi connectivity index (χ0n) is 10.7. The molecular formula is C9H7Cl2N5. The summed E-state index contributed by atoms with van der Waals surface area (Å²) in [6.45, 7) is 0. The van der Waals surface area contributed by atoms with Gasteiger partial charge in [0.15, 0.2) is 5.71 Å². The van der Waals surface area contributed by atoms with Gasteiger partial charge in [-0.25, -0.2) is 5.43 Å². The first kappa shape index (κ1) is 8.39. The molecule has 0 aliphatic heterocycles. The van der Waals surface area contributed by atoms with Crippen LogP contribution in [0.5, 0.6) is 0 Å². The van der Waals surface area contributed by atoms with Gasteiger partial charge in [0.05, 0.1) is 14.2 Å². The first-order valence-corrected chi connectivity index (χ1v) is 4.59. The van der Waals surface area contributed by atoms with Crippen LogP contribution in [-0.4, -0.2) is 11.7 Å². The summed E-state index contributed by atoms with van der Waals surface area (Å²) in [5.41, 5.74) is 6.50. The number of nitriles is 1. The van der Waals surface area contributed by atoms with Crippen molar-refractivity contribution in [1.29, 1.82) is 10.7 Å². The molecule has 7 heteroatoms. The minimum Gasteiger partial charge on any atom is -0.369 e. The van der Waals surface area contributed by atoms with E-state index in [-0.39, 0.29) is 21.3 Å². The van der Waals surface area contributed by atoms with E-state index in [4.69, 9.17) is 43.7 Å². The molecule has 0 spiro atoms. The van der Waals surface area contributed by atoms with Crippen LogP contribution >= 0.6 is 23.2 Å². The van der Waals surface area contributed by atoms with Crippen molar-refractivity contribution >= 4 is 34.9 Å². The second-order valence-corrected chi connectivity index (χ2v) is 3.23. The molecule has 0 heterocycles. The summed E-state index contributed by atoms with van der Waals surface area (Å²) in [6.07, 6.45) is 0. The molecule has 0 fully saturated rings. The van der Waals surface area contributed by atoms with E-state index in [1.165, 1.54) is 0 Å². The van der Waals surface area contributed by atoms with Crippen LogP contribution in [0, 0.1) is 16.7 Å². The van der Waals surface area contributed by atoms with Gasteiger partial charge in [-0.05, 0) is 6.04 Å². The highest BCUT2D eigenvalue weighted by atomic mass is 35.5. The summed E-state index contributed by atoms with van der Waals surface area (Å²) in [6, 6.07) is 0.321. The molecule has 5 nitrogen and oxygen atoms in total. The molecule has 0 saturated heterocycles. The number of hydrogen-bond donors (Lipinski definition) is 3. The molecule has 0 saturated carbocycles. The third kappa shape index (κ3) is 2.86.